The van der Waals surface area contributed by atoms with Crippen LogP contribution in [0.25, 0.3) is 17.2 Å². The molecule has 1 aromatic heterocycles. The second-order valence-corrected chi connectivity index (χ2v) is 7.78. The van der Waals surface area contributed by atoms with Crippen LogP contribution in [-0.2, 0) is 11.3 Å². The smallest absolute Gasteiger partial charge is 0.224 e. The molecule has 3 aromatic rings. The van der Waals surface area contributed by atoms with E-state index in [9.17, 15) is 14.3 Å². The number of hydrogen-bond donors (Lipinski definition) is 2. The lowest BCUT2D eigenvalue weighted by Gasteiger charge is -2.11. The minimum Gasteiger partial charge on any atom is -0.502 e. The average Bonchev–Trinajstić information content (AvgIpc) is 3.09. The molecule has 4 rings (SSSR count). The first kappa shape index (κ1) is 23.0. The summed E-state index contributed by atoms with van der Waals surface area (Å²) in [4.78, 5) is 20.9. The van der Waals surface area contributed by atoms with Crippen LogP contribution in [0.4, 0.5) is 4.39 Å². The number of rotatable bonds is 7. The van der Waals surface area contributed by atoms with Crippen LogP contribution in [-0.4, -0.2) is 35.2 Å². The molecule has 1 aliphatic rings. The van der Waals surface area contributed by atoms with Crippen LogP contribution in [0.2, 0.25) is 0 Å². The lowest BCUT2D eigenvalue weighted by molar-refractivity contribution is -0.120. The molecule has 8 heteroatoms. The summed E-state index contributed by atoms with van der Waals surface area (Å²) in [6.07, 6.45) is 6.71. The summed E-state index contributed by atoms with van der Waals surface area (Å²) < 4.78 is 24.7. The molecule has 0 fully saturated rings. The Balaban J connectivity index is 1.68. The average molecular weight is 461 g/mol. The third kappa shape index (κ3) is 4.61. The van der Waals surface area contributed by atoms with Crippen molar-refractivity contribution < 1.29 is 23.8 Å². The van der Waals surface area contributed by atoms with Gasteiger partial charge in [-0.15, -0.1) is 0 Å². The van der Waals surface area contributed by atoms with Crippen molar-refractivity contribution in [1.29, 1.82) is 0 Å². The van der Waals surface area contributed by atoms with Crippen LogP contribution in [0, 0.1) is 5.82 Å². The van der Waals surface area contributed by atoms with Crippen molar-refractivity contribution in [2.24, 2.45) is 0 Å². The number of aromatic nitrogens is 2. The van der Waals surface area contributed by atoms with E-state index in [-0.39, 0.29) is 41.9 Å². The molecule has 0 saturated carbocycles. The van der Waals surface area contributed by atoms with Gasteiger partial charge in [-0.25, -0.2) is 4.39 Å². The van der Waals surface area contributed by atoms with Crippen LogP contribution < -0.4 is 14.8 Å². The standard InChI is InChI=1S/C26H24FN3O4/c1-15-20(8-16-9-23(33-2)26(32)24(10-16)34-3)19-5-4-17(27)11-22(19)21(15)12-25(31)30-14-18-13-28-6-7-29-18/h4-11,13,32H,12,14H2,1-3H3,(H,30,31)/b20-8-. The summed E-state index contributed by atoms with van der Waals surface area (Å²) in [6.45, 7) is 2.16. The van der Waals surface area contributed by atoms with Crippen molar-refractivity contribution >= 4 is 23.1 Å². The number of phenols is 1. The second kappa shape index (κ2) is 9.74. The van der Waals surface area contributed by atoms with E-state index in [1.807, 2.05) is 13.0 Å². The Morgan fingerprint density at radius 1 is 1.12 bits per heavy atom. The Morgan fingerprint density at radius 2 is 1.85 bits per heavy atom. The van der Waals surface area contributed by atoms with Crippen molar-refractivity contribution in [3.05, 3.63) is 82.7 Å². The van der Waals surface area contributed by atoms with Crippen LogP contribution >= 0.6 is 0 Å². The molecule has 0 saturated heterocycles. The van der Waals surface area contributed by atoms with Gasteiger partial charge in [0, 0.05) is 12.4 Å². The number of phenolic OH excluding ortho intramolecular Hbond substituents is 1. The van der Waals surface area contributed by atoms with Gasteiger partial charge in [0.2, 0.25) is 11.7 Å². The summed E-state index contributed by atoms with van der Waals surface area (Å²) in [5, 5.41) is 13.1. The topological polar surface area (TPSA) is 93.6 Å². The van der Waals surface area contributed by atoms with E-state index in [0.717, 1.165) is 27.8 Å². The number of aromatic hydroxyl groups is 1. The lowest BCUT2D eigenvalue weighted by Crippen LogP contribution is -2.23. The highest BCUT2D eigenvalue weighted by Gasteiger charge is 2.26. The normalized spacial score (nSPS) is 13.7. The number of hydrogen-bond acceptors (Lipinski definition) is 6. The zero-order chi connectivity index (χ0) is 24.2. The van der Waals surface area contributed by atoms with Crippen LogP contribution in [0.1, 0.15) is 35.7 Å². The number of carbonyl (C=O) groups is 1. The second-order valence-electron chi connectivity index (χ2n) is 7.78. The van der Waals surface area contributed by atoms with Gasteiger partial charge in [-0.2, -0.15) is 0 Å². The maximum Gasteiger partial charge on any atom is 0.224 e. The molecule has 174 valence electrons. The van der Waals surface area contributed by atoms with Gasteiger partial charge < -0.3 is 19.9 Å². The molecule has 0 unspecified atom stereocenters. The molecule has 0 radical (unpaired) electrons. The lowest BCUT2D eigenvalue weighted by atomic mass is 10.00. The number of methoxy groups -OCH3 is 2. The first-order valence-electron chi connectivity index (χ1n) is 10.6. The highest BCUT2D eigenvalue weighted by molar-refractivity contribution is 6.08. The first-order chi connectivity index (χ1) is 16.4. The summed E-state index contributed by atoms with van der Waals surface area (Å²) in [5.41, 5.74) is 5.33. The predicted molar refractivity (Wildman–Crippen MR) is 127 cm³/mol. The van der Waals surface area contributed by atoms with Gasteiger partial charge in [0.15, 0.2) is 11.5 Å². The van der Waals surface area contributed by atoms with E-state index < -0.39 is 0 Å². The number of nitrogens with one attached hydrogen (secondary N) is 1. The number of halogens is 1. The zero-order valence-electron chi connectivity index (χ0n) is 19.1. The fourth-order valence-corrected chi connectivity index (χ4v) is 3.98. The maximum absolute atomic E-state index is 14.1. The highest BCUT2D eigenvalue weighted by atomic mass is 19.1. The van der Waals surface area contributed by atoms with Gasteiger partial charge in [-0.3, -0.25) is 14.8 Å². The number of allylic oxidation sites excluding steroid dienone is 2. The minimum absolute atomic E-state index is 0.0854. The number of amides is 1. The van der Waals surface area contributed by atoms with Crippen molar-refractivity contribution in [2.45, 2.75) is 19.9 Å². The van der Waals surface area contributed by atoms with Crippen molar-refractivity contribution in [3.8, 4) is 17.2 Å². The third-order valence-electron chi connectivity index (χ3n) is 5.69. The molecule has 1 heterocycles. The van der Waals surface area contributed by atoms with Crippen molar-refractivity contribution in [1.82, 2.24) is 15.3 Å². The fraction of sp³-hybridized carbons (Fsp3) is 0.192. The molecule has 0 atom stereocenters. The Bertz CT molecular complexity index is 1280. The Labute approximate surface area is 196 Å². The van der Waals surface area contributed by atoms with Crippen LogP contribution in [0.15, 0.2) is 54.5 Å². The van der Waals surface area contributed by atoms with Gasteiger partial charge in [0.25, 0.3) is 0 Å². The van der Waals surface area contributed by atoms with E-state index in [0.29, 0.717) is 11.3 Å². The molecule has 2 N–H and O–H groups in total. The van der Waals surface area contributed by atoms with E-state index >= 15 is 0 Å². The number of benzene rings is 2. The zero-order valence-corrected chi connectivity index (χ0v) is 19.1. The molecule has 34 heavy (non-hydrogen) atoms. The quantitative estimate of drug-likeness (QED) is 0.543. The number of nitrogens with zero attached hydrogens (tertiary/aromatic N) is 2. The molecule has 0 bridgehead atoms. The van der Waals surface area contributed by atoms with Crippen LogP contribution in [0.5, 0.6) is 17.2 Å². The van der Waals surface area contributed by atoms with Crippen LogP contribution in [0.3, 0.4) is 0 Å². The Hall–Kier alpha value is -4.20. The molecule has 0 spiro atoms. The predicted octanol–water partition coefficient (Wildman–Crippen LogP) is 4.37. The summed E-state index contributed by atoms with van der Waals surface area (Å²) in [6, 6.07) is 7.93. The van der Waals surface area contributed by atoms with Gasteiger partial charge >= 0.3 is 0 Å². The van der Waals surface area contributed by atoms with Crippen molar-refractivity contribution in [3.63, 3.8) is 0 Å². The largest absolute Gasteiger partial charge is 0.502 e. The van der Waals surface area contributed by atoms with Gasteiger partial charge in [-0.1, -0.05) is 6.07 Å². The van der Waals surface area contributed by atoms with E-state index in [1.54, 1.807) is 36.8 Å². The number of fused-ring (bicyclic) bond motifs is 1. The SMILES string of the molecule is COc1cc(/C=C2/C(C)=C(CC(=O)NCc3cnccn3)c3cc(F)ccc32)cc(OC)c1O. The molecule has 2 aromatic carbocycles. The van der Waals surface area contributed by atoms with E-state index in [2.05, 4.69) is 15.3 Å². The molecule has 1 amide bonds. The number of ether oxygens (including phenoxy) is 2. The maximum atomic E-state index is 14.1. The van der Waals surface area contributed by atoms with E-state index in [4.69, 9.17) is 9.47 Å². The van der Waals surface area contributed by atoms with Gasteiger partial charge in [-0.05, 0) is 70.7 Å². The monoisotopic (exact) mass is 461 g/mol. The Kier molecular flexibility index (Phi) is 6.58. The summed E-state index contributed by atoms with van der Waals surface area (Å²) in [7, 11) is 2.92. The van der Waals surface area contributed by atoms with Gasteiger partial charge in [0.05, 0.1) is 39.1 Å². The summed E-state index contributed by atoms with van der Waals surface area (Å²) in [5.74, 6) is -0.126. The fourth-order valence-electron chi connectivity index (χ4n) is 3.98. The van der Waals surface area contributed by atoms with E-state index in [1.165, 1.54) is 26.4 Å². The molecule has 1 aliphatic carbocycles. The first-order valence-corrected chi connectivity index (χ1v) is 10.6. The minimum atomic E-state index is -0.377. The molecular weight excluding hydrogens is 437 g/mol. The van der Waals surface area contributed by atoms with Gasteiger partial charge in [0.1, 0.15) is 5.82 Å². The third-order valence-corrected chi connectivity index (χ3v) is 5.69. The molecule has 0 aliphatic heterocycles. The molecule has 7 nitrogen and oxygen atoms in total. The highest BCUT2D eigenvalue weighted by Crippen LogP contribution is 2.45. The summed E-state index contributed by atoms with van der Waals surface area (Å²) >= 11 is 0. The van der Waals surface area contributed by atoms with Crippen molar-refractivity contribution in [2.75, 3.05) is 14.2 Å². The molecular formula is C26H24FN3O4. The number of carbonyl (C=O) groups excluding carboxylic acids is 1. The Morgan fingerprint density at radius 3 is 2.50 bits per heavy atom.